The van der Waals surface area contributed by atoms with Gasteiger partial charge < -0.3 is 9.11 Å². The minimum Gasteiger partial charge on any atom is -0.763 e. The summed E-state index contributed by atoms with van der Waals surface area (Å²) < 4.78 is 36.3. The summed E-state index contributed by atoms with van der Waals surface area (Å²) in [5.41, 5.74) is 0. The average Bonchev–Trinajstić information content (AvgIpc) is 1.36. The zero-order valence-electron chi connectivity index (χ0n) is 2.86. The van der Waals surface area contributed by atoms with Crippen LogP contribution in [-0.2, 0) is 33.7 Å². The predicted molar refractivity (Wildman–Crippen MR) is 25.2 cm³/mol. The van der Waals surface area contributed by atoms with Gasteiger partial charge in [0.1, 0.15) is 0 Å². The Morgan fingerprint density at radius 1 is 1.00 bits per heavy atom. The minimum absolute atomic E-state index is 0. The highest BCUT2D eigenvalue weighted by Crippen LogP contribution is 1.73. The van der Waals surface area contributed by atoms with Crippen LogP contribution in [0.4, 0.5) is 0 Å². The zero-order valence-corrected chi connectivity index (χ0v) is 5.31. The van der Waals surface area contributed by atoms with Crippen LogP contribution < -0.4 is 0 Å². The molecular weight excluding hydrogens is 160 g/mol. The molecule has 7 heteroatoms. The molecule has 0 aliphatic heterocycles. The van der Waals surface area contributed by atoms with E-state index in [0.717, 1.165) is 0 Å². The van der Waals surface area contributed by atoms with E-state index in [1.54, 1.807) is 0 Å². The first-order chi connectivity index (χ1) is 2.64. The maximum absolute atomic E-state index is 9.09. The van der Waals surface area contributed by atoms with Crippen molar-refractivity contribution in [2.45, 2.75) is 0 Å². The maximum Gasteiger partial charge on any atom is 2.00 e. The maximum atomic E-state index is 9.09. The Morgan fingerprint density at radius 3 is 1.14 bits per heavy atom. The van der Waals surface area contributed by atoms with Crippen LogP contribution in [0.2, 0.25) is 0 Å². The molecule has 0 aromatic carbocycles. The largest absolute Gasteiger partial charge is 2.00 e. The monoisotopic (exact) mass is 160 g/mol. The Balaban J connectivity index is 0. The van der Waals surface area contributed by atoms with Crippen molar-refractivity contribution in [2.24, 2.45) is 0 Å². The van der Waals surface area contributed by atoms with Crippen molar-refractivity contribution in [3.05, 3.63) is 0 Å². The molecule has 0 aromatic rings. The first-order valence-corrected chi connectivity index (χ1v) is 3.50. The fourth-order valence-electron chi connectivity index (χ4n) is 0. The van der Waals surface area contributed by atoms with Crippen molar-refractivity contribution in [3.8, 4) is 0 Å². The highest BCUT2D eigenvalue weighted by Gasteiger charge is 2.00. The number of hydrogen-bond acceptors (Lipinski definition) is 4. The molecule has 0 saturated carbocycles. The van der Waals surface area contributed by atoms with E-state index in [0.29, 0.717) is 0 Å². The summed E-state index contributed by atoms with van der Waals surface area (Å²) in [6.45, 7) is 0. The molecule has 0 N–H and O–H groups in total. The topological polar surface area (TPSA) is 80.3 Å². The van der Waals surface area contributed by atoms with Gasteiger partial charge in [0.25, 0.3) is 0 Å². The molecule has 4 radical (unpaired) electrons. The van der Waals surface area contributed by atoms with Crippen molar-refractivity contribution in [1.29, 1.82) is 0 Å². The molecule has 2 atom stereocenters. The van der Waals surface area contributed by atoms with E-state index >= 15 is 0 Å². The molecule has 0 amide bonds. The van der Waals surface area contributed by atoms with Gasteiger partial charge in [-0.05, 0) is 0 Å². The molecule has 4 nitrogen and oxygen atoms in total. The SMILES string of the molecule is O=S([O-])S(=O)[O-].[S+2]. The van der Waals surface area contributed by atoms with Crippen molar-refractivity contribution >= 4 is 33.7 Å². The highest BCUT2D eigenvalue weighted by molar-refractivity contribution is 8.56. The van der Waals surface area contributed by atoms with Gasteiger partial charge in [0.2, 0.25) is 0 Å². The van der Waals surface area contributed by atoms with Gasteiger partial charge in [-0.15, -0.1) is 0 Å². The Kier molecular flexibility index (Phi) is 7.10. The van der Waals surface area contributed by atoms with Gasteiger partial charge in [-0.25, -0.2) is 0 Å². The molecule has 7 heavy (non-hydrogen) atoms. The molecule has 0 aromatic heterocycles. The molecular formula is O4S3. The fraction of sp³-hybridized carbons (Fsp3) is 0. The van der Waals surface area contributed by atoms with E-state index in [9.17, 15) is 0 Å². The molecule has 0 rings (SSSR count). The normalized spacial score (nSPS) is 16.9. The molecule has 0 bridgehead atoms. The molecule has 0 fully saturated rings. The predicted octanol–water partition coefficient (Wildman–Crippen LogP) is -1.34. The molecule has 2 unspecified atom stereocenters. The van der Waals surface area contributed by atoms with E-state index in [2.05, 4.69) is 0 Å². The van der Waals surface area contributed by atoms with E-state index in [1.807, 2.05) is 0 Å². The zero-order chi connectivity index (χ0) is 5.15. The standard InChI is InChI=1S/H2O4S2.S/c1-5(2)6(3)4;/h(H,1,2)(H,3,4);/q;+2/p-2. The second kappa shape index (κ2) is 4.72. The van der Waals surface area contributed by atoms with E-state index in [1.165, 1.54) is 0 Å². The summed E-state index contributed by atoms with van der Waals surface area (Å²) in [6.07, 6.45) is 0. The van der Waals surface area contributed by atoms with Crippen molar-refractivity contribution in [3.63, 3.8) is 0 Å². The lowest BCUT2D eigenvalue weighted by atomic mass is 15.9. The number of hydrogen-bond donors (Lipinski definition) is 0. The summed E-state index contributed by atoms with van der Waals surface area (Å²) in [5, 5.41) is 0. The Labute approximate surface area is 51.7 Å². The fourth-order valence-corrected chi connectivity index (χ4v) is 0. The van der Waals surface area contributed by atoms with Crippen LogP contribution in [0.5, 0.6) is 0 Å². The van der Waals surface area contributed by atoms with Crippen molar-refractivity contribution < 1.29 is 17.5 Å². The lowest BCUT2D eigenvalue weighted by Gasteiger charge is -2.04. The van der Waals surface area contributed by atoms with Crippen LogP contribution in [0.25, 0.3) is 0 Å². The van der Waals surface area contributed by atoms with Gasteiger partial charge in [0, 0.05) is 20.2 Å². The number of rotatable bonds is 1. The van der Waals surface area contributed by atoms with E-state index in [4.69, 9.17) is 17.5 Å². The molecule has 0 aliphatic carbocycles. The second-order valence-corrected chi connectivity index (χ2v) is 2.86. The van der Waals surface area contributed by atoms with Crippen molar-refractivity contribution in [1.82, 2.24) is 0 Å². The highest BCUT2D eigenvalue weighted by atomic mass is 33.2. The van der Waals surface area contributed by atoms with Crippen LogP contribution in [0.15, 0.2) is 0 Å². The van der Waals surface area contributed by atoms with Gasteiger partial charge in [-0.2, -0.15) is 0 Å². The third-order valence-electron chi connectivity index (χ3n) is 0.111. The Bertz CT molecular complexity index is 72.9. The summed E-state index contributed by atoms with van der Waals surface area (Å²) in [5.74, 6) is 0. The summed E-state index contributed by atoms with van der Waals surface area (Å²) in [4.78, 5) is 0. The lowest BCUT2D eigenvalue weighted by Crippen LogP contribution is -1.94. The van der Waals surface area contributed by atoms with E-state index in [-0.39, 0.29) is 13.5 Å². The third-order valence-corrected chi connectivity index (χ3v) is 1.00. The summed E-state index contributed by atoms with van der Waals surface area (Å²) in [7, 11) is -5.90. The minimum atomic E-state index is -2.95. The molecule has 0 heterocycles. The van der Waals surface area contributed by atoms with Gasteiger partial charge in [-0.1, -0.05) is 0 Å². The summed E-state index contributed by atoms with van der Waals surface area (Å²) in [6, 6.07) is 0. The van der Waals surface area contributed by atoms with Crippen LogP contribution in [0.1, 0.15) is 0 Å². The van der Waals surface area contributed by atoms with Gasteiger partial charge in [-0.3, -0.25) is 8.42 Å². The van der Waals surface area contributed by atoms with Crippen molar-refractivity contribution in [2.75, 3.05) is 0 Å². The first-order valence-electron chi connectivity index (χ1n) is 0.833. The lowest BCUT2D eigenvalue weighted by molar-refractivity contribution is 0.520. The quantitative estimate of drug-likeness (QED) is 0.351. The van der Waals surface area contributed by atoms with Gasteiger partial charge in [0.15, 0.2) is 0 Å². The third kappa shape index (κ3) is 6.57. The molecule has 42 valence electrons. The van der Waals surface area contributed by atoms with Crippen LogP contribution in [0, 0.1) is 0 Å². The van der Waals surface area contributed by atoms with Crippen LogP contribution >= 0.6 is 0 Å². The van der Waals surface area contributed by atoms with Crippen LogP contribution in [0.3, 0.4) is 0 Å². The van der Waals surface area contributed by atoms with Gasteiger partial charge in [0.05, 0.1) is 0 Å². The van der Waals surface area contributed by atoms with E-state index < -0.39 is 20.2 Å². The Hall–Kier alpha value is 0.570. The van der Waals surface area contributed by atoms with Crippen LogP contribution in [-0.4, -0.2) is 17.5 Å². The molecule has 0 aliphatic rings. The molecule has 0 saturated heterocycles. The molecule has 0 spiro atoms. The smallest absolute Gasteiger partial charge is 0.763 e. The summed E-state index contributed by atoms with van der Waals surface area (Å²) >= 11 is 0. The average molecular weight is 160 g/mol. The first kappa shape index (κ1) is 10.5. The second-order valence-electron chi connectivity index (χ2n) is 0.408. The van der Waals surface area contributed by atoms with Gasteiger partial charge >= 0.3 is 13.5 Å². The Morgan fingerprint density at radius 2 is 1.14 bits per heavy atom.